The van der Waals surface area contributed by atoms with E-state index in [0.29, 0.717) is 11.3 Å². The minimum atomic E-state index is -3.51. The van der Waals surface area contributed by atoms with Crippen LogP contribution in [0.1, 0.15) is 16.8 Å². The Morgan fingerprint density at radius 2 is 1.75 bits per heavy atom. The fourth-order valence-electron chi connectivity index (χ4n) is 2.04. The molecule has 7 heteroatoms. The van der Waals surface area contributed by atoms with E-state index in [2.05, 4.69) is 10.1 Å². The maximum atomic E-state index is 12.1. The van der Waals surface area contributed by atoms with Gasteiger partial charge in [-0.05, 0) is 30.3 Å². The summed E-state index contributed by atoms with van der Waals surface area (Å²) in [4.78, 5) is 23.6. The minimum absolute atomic E-state index is 0.181. The van der Waals surface area contributed by atoms with Gasteiger partial charge in [0.1, 0.15) is 0 Å². The molecular weight excluding hydrogens is 330 g/mol. The molecule has 1 amide bonds. The van der Waals surface area contributed by atoms with Crippen LogP contribution < -0.4 is 5.32 Å². The first-order valence-corrected chi connectivity index (χ1v) is 8.83. The van der Waals surface area contributed by atoms with Crippen molar-refractivity contribution in [2.24, 2.45) is 0 Å². The van der Waals surface area contributed by atoms with Crippen LogP contribution in [0.15, 0.2) is 59.5 Å². The molecule has 2 aromatic rings. The zero-order valence-corrected chi connectivity index (χ0v) is 13.9. The first kappa shape index (κ1) is 17.7. The molecular formula is C17H17NO5S. The van der Waals surface area contributed by atoms with E-state index in [9.17, 15) is 18.0 Å². The highest BCUT2D eigenvalue weighted by atomic mass is 32.2. The predicted molar refractivity (Wildman–Crippen MR) is 89.5 cm³/mol. The Balaban J connectivity index is 1.98. The van der Waals surface area contributed by atoms with Gasteiger partial charge in [0.25, 0.3) is 0 Å². The lowest BCUT2D eigenvalue weighted by molar-refractivity contribution is -0.115. The monoisotopic (exact) mass is 347 g/mol. The molecule has 1 N–H and O–H groups in total. The summed E-state index contributed by atoms with van der Waals surface area (Å²) in [6, 6.07) is 14.2. The van der Waals surface area contributed by atoms with Gasteiger partial charge in [0.05, 0.1) is 23.3 Å². The van der Waals surface area contributed by atoms with E-state index in [1.165, 1.54) is 25.3 Å². The molecule has 0 fully saturated rings. The van der Waals surface area contributed by atoms with Crippen molar-refractivity contribution in [2.75, 3.05) is 18.2 Å². The Morgan fingerprint density at radius 1 is 1.04 bits per heavy atom. The standard InChI is InChI=1S/C17H17NO5S/c1-23-17(20)13-6-5-7-14(12-13)18-16(19)10-11-24(21,22)15-8-3-2-4-9-15/h2-9,12H,10-11H2,1H3,(H,18,19). The maximum absolute atomic E-state index is 12.1. The van der Waals surface area contributed by atoms with Crippen molar-refractivity contribution in [2.45, 2.75) is 11.3 Å². The second-order valence-electron chi connectivity index (χ2n) is 5.00. The van der Waals surface area contributed by atoms with Crippen molar-refractivity contribution in [3.05, 3.63) is 60.2 Å². The Kier molecular flexibility index (Phi) is 5.70. The summed E-state index contributed by atoms with van der Waals surface area (Å²) in [7, 11) is -2.24. The smallest absolute Gasteiger partial charge is 0.337 e. The quantitative estimate of drug-likeness (QED) is 0.810. The first-order valence-electron chi connectivity index (χ1n) is 7.18. The topological polar surface area (TPSA) is 89.5 Å². The highest BCUT2D eigenvalue weighted by molar-refractivity contribution is 7.91. The number of anilines is 1. The van der Waals surface area contributed by atoms with Gasteiger partial charge in [0, 0.05) is 12.1 Å². The average Bonchev–Trinajstić information content (AvgIpc) is 2.60. The van der Waals surface area contributed by atoms with Gasteiger partial charge in [-0.25, -0.2) is 13.2 Å². The maximum Gasteiger partial charge on any atom is 0.337 e. The van der Waals surface area contributed by atoms with Crippen LogP contribution in [0.3, 0.4) is 0 Å². The summed E-state index contributed by atoms with van der Waals surface area (Å²) in [5, 5.41) is 2.57. The summed E-state index contributed by atoms with van der Waals surface area (Å²) in [5.74, 6) is -1.26. The largest absolute Gasteiger partial charge is 0.465 e. The average molecular weight is 347 g/mol. The molecule has 2 aromatic carbocycles. The molecule has 24 heavy (non-hydrogen) atoms. The molecule has 2 rings (SSSR count). The molecule has 0 bridgehead atoms. The molecule has 0 aliphatic carbocycles. The number of hydrogen-bond acceptors (Lipinski definition) is 5. The van der Waals surface area contributed by atoms with Gasteiger partial charge in [-0.2, -0.15) is 0 Å². The zero-order chi connectivity index (χ0) is 17.6. The van der Waals surface area contributed by atoms with Gasteiger partial charge in [-0.1, -0.05) is 24.3 Å². The highest BCUT2D eigenvalue weighted by Gasteiger charge is 2.16. The third kappa shape index (κ3) is 4.66. The van der Waals surface area contributed by atoms with Crippen LogP contribution in [0, 0.1) is 0 Å². The van der Waals surface area contributed by atoms with Crippen LogP contribution in [-0.2, 0) is 19.4 Å². The minimum Gasteiger partial charge on any atom is -0.465 e. The molecule has 126 valence electrons. The van der Waals surface area contributed by atoms with Crippen LogP contribution in [0.25, 0.3) is 0 Å². The molecule has 0 saturated heterocycles. The number of methoxy groups -OCH3 is 1. The molecule has 0 aromatic heterocycles. The lowest BCUT2D eigenvalue weighted by Gasteiger charge is -2.07. The van der Waals surface area contributed by atoms with E-state index in [0.717, 1.165) is 0 Å². The zero-order valence-electron chi connectivity index (χ0n) is 13.1. The molecule has 0 aliphatic heterocycles. The van der Waals surface area contributed by atoms with E-state index in [4.69, 9.17) is 0 Å². The van der Waals surface area contributed by atoms with Gasteiger partial charge in [0.15, 0.2) is 9.84 Å². The van der Waals surface area contributed by atoms with Crippen molar-refractivity contribution in [1.29, 1.82) is 0 Å². The molecule has 0 heterocycles. The fourth-order valence-corrected chi connectivity index (χ4v) is 3.30. The number of benzene rings is 2. The van der Waals surface area contributed by atoms with E-state index >= 15 is 0 Å². The van der Waals surface area contributed by atoms with E-state index in [-0.39, 0.29) is 17.1 Å². The Morgan fingerprint density at radius 3 is 2.42 bits per heavy atom. The number of rotatable bonds is 6. The van der Waals surface area contributed by atoms with Gasteiger partial charge in [-0.15, -0.1) is 0 Å². The summed E-state index contributed by atoms with van der Waals surface area (Å²) in [6.45, 7) is 0. The SMILES string of the molecule is COC(=O)c1cccc(NC(=O)CCS(=O)(=O)c2ccccc2)c1. The van der Waals surface area contributed by atoms with Crippen LogP contribution in [0.4, 0.5) is 5.69 Å². The normalized spacial score (nSPS) is 10.9. The second-order valence-corrected chi connectivity index (χ2v) is 7.11. The van der Waals surface area contributed by atoms with Gasteiger partial charge in [0.2, 0.25) is 5.91 Å². The van der Waals surface area contributed by atoms with Crippen LogP contribution in [-0.4, -0.2) is 33.2 Å². The lowest BCUT2D eigenvalue weighted by Crippen LogP contribution is -2.17. The number of ether oxygens (including phenoxy) is 1. The molecule has 0 unspecified atom stereocenters. The van der Waals surface area contributed by atoms with E-state index in [1.807, 2.05) is 0 Å². The fraction of sp³-hybridized carbons (Fsp3) is 0.176. The Hall–Kier alpha value is -2.67. The van der Waals surface area contributed by atoms with Crippen molar-refractivity contribution >= 4 is 27.4 Å². The van der Waals surface area contributed by atoms with E-state index < -0.39 is 21.7 Å². The molecule has 6 nitrogen and oxygen atoms in total. The first-order chi connectivity index (χ1) is 11.4. The lowest BCUT2D eigenvalue weighted by atomic mass is 10.2. The summed E-state index contributed by atoms with van der Waals surface area (Å²) < 4.78 is 28.9. The third-order valence-corrected chi connectivity index (χ3v) is 5.00. The highest BCUT2D eigenvalue weighted by Crippen LogP contribution is 2.14. The molecule has 0 atom stereocenters. The van der Waals surface area contributed by atoms with Gasteiger partial charge < -0.3 is 10.1 Å². The number of carbonyl (C=O) groups is 2. The third-order valence-electron chi connectivity index (χ3n) is 3.27. The van der Waals surface area contributed by atoms with Crippen molar-refractivity contribution in [1.82, 2.24) is 0 Å². The molecule has 0 radical (unpaired) electrons. The predicted octanol–water partition coefficient (Wildman–Crippen LogP) is 2.28. The number of nitrogens with one attached hydrogen (secondary N) is 1. The number of sulfone groups is 1. The van der Waals surface area contributed by atoms with Crippen molar-refractivity contribution in [3.63, 3.8) is 0 Å². The van der Waals surface area contributed by atoms with Crippen LogP contribution in [0.5, 0.6) is 0 Å². The summed E-state index contributed by atoms with van der Waals surface area (Å²) in [6.07, 6.45) is -0.181. The summed E-state index contributed by atoms with van der Waals surface area (Å²) in [5.41, 5.74) is 0.701. The van der Waals surface area contributed by atoms with E-state index in [1.54, 1.807) is 36.4 Å². The Labute approximate surface area is 140 Å². The van der Waals surface area contributed by atoms with Crippen LogP contribution >= 0.6 is 0 Å². The summed E-state index contributed by atoms with van der Waals surface area (Å²) >= 11 is 0. The van der Waals surface area contributed by atoms with Gasteiger partial charge >= 0.3 is 5.97 Å². The van der Waals surface area contributed by atoms with Crippen molar-refractivity contribution < 1.29 is 22.7 Å². The molecule has 0 spiro atoms. The van der Waals surface area contributed by atoms with Crippen molar-refractivity contribution in [3.8, 4) is 0 Å². The number of hydrogen-bond donors (Lipinski definition) is 1. The second kappa shape index (κ2) is 7.74. The Bertz CT molecular complexity index is 831. The molecule has 0 saturated carbocycles. The number of amides is 1. The number of carbonyl (C=O) groups excluding carboxylic acids is 2. The molecule has 0 aliphatic rings. The van der Waals surface area contributed by atoms with Crippen LogP contribution in [0.2, 0.25) is 0 Å². The number of esters is 1. The van der Waals surface area contributed by atoms with Gasteiger partial charge in [-0.3, -0.25) is 4.79 Å².